The van der Waals surface area contributed by atoms with Crippen molar-refractivity contribution in [1.82, 2.24) is 9.88 Å². The Morgan fingerprint density at radius 2 is 2.04 bits per heavy atom. The van der Waals surface area contributed by atoms with E-state index in [1.807, 2.05) is 36.5 Å². The van der Waals surface area contributed by atoms with Gasteiger partial charge in [-0.3, -0.25) is 4.79 Å². The van der Waals surface area contributed by atoms with Gasteiger partial charge in [0.05, 0.1) is 12.6 Å². The predicted octanol–water partition coefficient (Wildman–Crippen LogP) is 1.61. The number of carbonyl (C=O) groups is 1. The number of piperazine rings is 1. The highest BCUT2D eigenvalue weighted by molar-refractivity contribution is 6.08. The van der Waals surface area contributed by atoms with E-state index in [4.69, 9.17) is 11.5 Å². The minimum absolute atomic E-state index is 0.106. The minimum Gasteiger partial charge on any atom is -0.398 e. The van der Waals surface area contributed by atoms with Crippen LogP contribution in [0.2, 0.25) is 0 Å². The molecule has 2 saturated heterocycles. The molecule has 0 unspecified atom stereocenters. The van der Waals surface area contributed by atoms with Crippen molar-refractivity contribution in [2.24, 2.45) is 5.73 Å². The molecule has 25 heavy (non-hydrogen) atoms. The second-order valence-electron chi connectivity index (χ2n) is 6.70. The fourth-order valence-corrected chi connectivity index (χ4v) is 3.76. The van der Waals surface area contributed by atoms with Crippen molar-refractivity contribution in [3.05, 3.63) is 66.5 Å². The van der Waals surface area contributed by atoms with E-state index >= 15 is 0 Å². The highest BCUT2D eigenvalue weighted by Gasteiger charge is 2.51. The first-order valence-electron chi connectivity index (χ1n) is 8.37. The summed E-state index contributed by atoms with van der Waals surface area (Å²) in [6, 6.07) is 13.3. The maximum atomic E-state index is 12.4. The van der Waals surface area contributed by atoms with Crippen LogP contribution in [0.5, 0.6) is 0 Å². The van der Waals surface area contributed by atoms with E-state index < -0.39 is 5.66 Å². The number of carbonyl (C=O) groups excluding carboxylic acids is 1. The number of pyridine rings is 1. The Labute approximate surface area is 146 Å². The van der Waals surface area contributed by atoms with Crippen LogP contribution in [0.4, 0.5) is 11.5 Å². The molecule has 0 amide bonds. The molecule has 2 aliphatic rings. The number of hydrogen-bond acceptors (Lipinski definition) is 6. The second kappa shape index (κ2) is 5.89. The summed E-state index contributed by atoms with van der Waals surface area (Å²) in [4.78, 5) is 21.1. The van der Waals surface area contributed by atoms with Gasteiger partial charge in [0.1, 0.15) is 11.5 Å². The number of aromatic nitrogens is 1. The van der Waals surface area contributed by atoms with Crippen molar-refractivity contribution in [2.75, 3.05) is 23.7 Å². The van der Waals surface area contributed by atoms with Gasteiger partial charge in [0.15, 0.2) is 5.78 Å². The number of likely N-dealkylation sites (tertiary alicyclic amines) is 1. The van der Waals surface area contributed by atoms with Gasteiger partial charge >= 0.3 is 0 Å². The summed E-state index contributed by atoms with van der Waals surface area (Å²) in [5.41, 5.74) is 13.0. The molecule has 0 aliphatic carbocycles. The molecule has 3 heterocycles. The average molecular weight is 335 g/mol. The largest absolute Gasteiger partial charge is 0.398 e. The lowest BCUT2D eigenvalue weighted by Gasteiger charge is -2.39. The lowest BCUT2D eigenvalue weighted by Crippen LogP contribution is -2.57. The number of anilines is 2. The van der Waals surface area contributed by atoms with Crippen molar-refractivity contribution in [2.45, 2.75) is 18.1 Å². The summed E-state index contributed by atoms with van der Waals surface area (Å²) in [5, 5.41) is 0. The monoisotopic (exact) mass is 335 g/mol. The molecule has 2 atom stereocenters. The third-order valence-corrected chi connectivity index (χ3v) is 5.03. The molecule has 6 heteroatoms. The van der Waals surface area contributed by atoms with Crippen molar-refractivity contribution in [1.29, 1.82) is 0 Å². The van der Waals surface area contributed by atoms with Crippen LogP contribution in [0.15, 0.2) is 60.9 Å². The average Bonchev–Trinajstić information content (AvgIpc) is 3.13. The number of nitrogens with two attached hydrogens (primary N) is 2. The topological polar surface area (TPSA) is 88.5 Å². The molecular formula is C19H21N5O. The molecule has 2 fully saturated rings. The molecule has 4 N–H and O–H groups in total. The third-order valence-electron chi connectivity index (χ3n) is 5.03. The zero-order chi connectivity index (χ0) is 17.4. The maximum Gasteiger partial charge on any atom is 0.189 e. The summed E-state index contributed by atoms with van der Waals surface area (Å²) < 4.78 is 0. The van der Waals surface area contributed by atoms with Gasteiger partial charge in [-0.15, -0.1) is 0 Å². The molecule has 1 aromatic carbocycles. The van der Waals surface area contributed by atoms with Crippen LogP contribution < -0.4 is 16.4 Å². The molecular weight excluding hydrogens is 314 g/mol. The van der Waals surface area contributed by atoms with Gasteiger partial charge in [-0.25, -0.2) is 4.98 Å². The molecule has 128 valence electrons. The Kier molecular flexibility index (Phi) is 3.69. The molecule has 2 aliphatic heterocycles. The second-order valence-corrected chi connectivity index (χ2v) is 6.70. The Morgan fingerprint density at radius 1 is 1.24 bits per heavy atom. The Balaban J connectivity index is 1.48. The number of para-hydroxylation sites is 1. The quantitative estimate of drug-likeness (QED) is 0.501. The van der Waals surface area contributed by atoms with E-state index in [1.54, 1.807) is 24.4 Å². The van der Waals surface area contributed by atoms with Gasteiger partial charge in [-0.1, -0.05) is 18.2 Å². The van der Waals surface area contributed by atoms with Gasteiger partial charge in [-0.2, -0.15) is 0 Å². The zero-order valence-corrected chi connectivity index (χ0v) is 13.9. The van der Waals surface area contributed by atoms with Crippen molar-refractivity contribution < 1.29 is 4.79 Å². The van der Waals surface area contributed by atoms with Crippen molar-refractivity contribution in [3.63, 3.8) is 0 Å². The standard InChI is InChI=1S/C19H21N5O/c20-16-6-2-1-5-15(16)17(25)8-10-23-12-14-11-19(23,21)13-24(14)18-7-3-4-9-22-18/h1-10,14H,11-13,20-21H2/b10-8+/t14-,19-/m1/s1. The minimum atomic E-state index is -0.471. The van der Waals surface area contributed by atoms with Gasteiger partial charge in [-0.05, 0) is 24.3 Å². The Morgan fingerprint density at radius 3 is 2.72 bits per heavy atom. The number of nitrogen functional groups attached to an aromatic ring is 1. The molecule has 0 spiro atoms. The van der Waals surface area contributed by atoms with Gasteiger partial charge in [0, 0.05) is 42.7 Å². The highest BCUT2D eigenvalue weighted by Crippen LogP contribution is 2.38. The number of hydrogen-bond donors (Lipinski definition) is 2. The van der Waals surface area contributed by atoms with Gasteiger partial charge in [0.25, 0.3) is 0 Å². The van der Waals surface area contributed by atoms with Crippen LogP contribution in [0.1, 0.15) is 16.8 Å². The summed E-state index contributed by atoms with van der Waals surface area (Å²) in [6.45, 7) is 1.47. The first kappa shape index (κ1) is 15.7. The molecule has 2 aromatic rings. The summed E-state index contributed by atoms with van der Waals surface area (Å²) in [6.07, 6.45) is 6.03. The number of allylic oxidation sites excluding steroid dienone is 1. The van der Waals surface area contributed by atoms with Gasteiger partial charge < -0.3 is 21.3 Å². The number of rotatable bonds is 4. The zero-order valence-electron chi connectivity index (χ0n) is 13.9. The molecule has 0 radical (unpaired) electrons. The summed E-state index contributed by atoms with van der Waals surface area (Å²) >= 11 is 0. The molecule has 2 bridgehead atoms. The molecule has 4 rings (SSSR count). The first-order valence-corrected chi connectivity index (χ1v) is 8.37. The van der Waals surface area contributed by atoms with E-state index in [0.29, 0.717) is 23.8 Å². The molecule has 1 aromatic heterocycles. The fraction of sp³-hybridized carbons (Fsp3) is 0.263. The van der Waals surface area contributed by atoms with Crippen LogP contribution in [0.25, 0.3) is 0 Å². The van der Waals surface area contributed by atoms with Crippen LogP contribution in [-0.4, -0.2) is 40.5 Å². The lowest BCUT2D eigenvalue weighted by molar-refractivity contribution is 0.104. The fourth-order valence-electron chi connectivity index (χ4n) is 3.76. The Hall–Kier alpha value is -2.86. The SMILES string of the molecule is Nc1ccccc1C(=O)/C=C/N1C[C@H]2C[C@]1(N)CN2c1ccccn1. The van der Waals surface area contributed by atoms with Crippen molar-refractivity contribution >= 4 is 17.3 Å². The number of ketones is 1. The van der Waals surface area contributed by atoms with Crippen LogP contribution >= 0.6 is 0 Å². The third kappa shape index (κ3) is 2.74. The smallest absolute Gasteiger partial charge is 0.189 e. The van der Waals surface area contributed by atoms with E-state index in [-0.39, 0.29) is 5.78 Å². The van der Waals surface area contributed by atoms with Gasteiger partial charge in [0.2, 0.25) is 0 Å². The Bertz CT molecular complexity index is 822. The van der Waals surface area contributed by atoms with E-state index in [2.05, 4.69) is 14.8 Å². The predicted molar refractivity (Wildman–Crippen MR) is 97.9 cm³/mol. The van der Waals surface area contributed by atoms with E-state index in [0.717, 1.165) is 18.8 Å². The van der Waals surface area contributed by atoms with Crippen molar-refractivity contribution in [3.8, 4) is 0 Å². The summed E-state index contributed by atoms with van der Waals surface area (Å²) in [5.74, 6) is 0.850. The van der Waals surface area contributed by atoms with E-state index in [1.165, 1.54) is 0 Å². The lowest BCUT2D eigenvalue weighted by atomic mass is 10.1. The van der Waals surface area contributed by atoms with Crippen LogP contribution in [-0.2, 0) is 0 Å². The molecule has 6 nitrogen and oxygen atoms in total. The van der Waals surface area contributed by atoms with Crippen LogP contribution in [0.3, 0.4) is 0 Å². The van der Waals surface area contributed by atoms with E-state index in [9.17, 15) is 4.79 Å². The summed E-state index contributed by atoms with van der Waals surface area (Å²) in [7, 11) is 0. The number of fused-ring (bicyclic) bond motifs is 2. The normalized spacial score (nSPS) is 25.1. The maximum absolute atomic E-state index is 12.4. The number of nitrogens with zero attached hydrogens (tertiary/aromatic N) is 3. The highest BCUT2D eigenvalue weighted by atomic mass is 16.1. The number of benzene rings is 1. The van der Waals surface area contributed by atoms with Crippen LogP contribution in [0, 0.1) is 0 Å². The first-order chi connectivity index (χ1) is 12.1. The molecule has 0 saturated carbocycles.